The minimum atomic E-state index is -4.80. The molecule has 0 saturated heterocycles. The Kier molecular flexibility index (Phi) is 5.72. The molecular weight excluding hydrogens is 319 g/mol. The van der Waals surface area contributed by atoms with Crippen LogP contribution < -0.4 is 5.32 Å². The average molecular weight is 341 g/mol. The standard InChI is InChI=1S/C18H22F3NO2/c1-3-14-5-7-15(8-6-14)12-22-11-10-17(23,18(19,20)21)16-9-4-13(2)24-16/h4-9,22-23H,3,10-12H2,1-2H3/t17-/m0/s1. The minimum absolute atomic E-state index is 0.00524. The van der Waals surface area contributed by atoms with Gasteiger partial charge in [0.05, 0.1) is 0 Å². The molecule has 24 heavy (non-hydrogen) atoms. The first-order valence-corrected chi connectivity index (χ1v) is 7.91. The number of alkyl halides is 3. The zero-order chi connectivity index (χ0) is 17.8. The third kappa shape index (κ3) is 4.19. The van der Waals surface area contributed by atoms with Gasteiger partial charge in [0.1, 0.15) is 11.5 Å². The molecule has 1 heterocycles. The van der Waals surface area contributed by atoms with Gasteiger partial charge in [-0.15, -0.1) is 0 Å². The maximum Gasteiger partial charge on any atom is 0.424 e. The van der Waals surface area contributed by atoms with E-state index in [0.717, 1.165) is 12.0 Å². The monoisotopic (exact) mass is 341 g/mol. The van der Waals surface area contributed by atoms with Gasteiger partial charge in [-0.25, -0.2) is 0 Å². The van der Waals surface area contributed by atoms with E-state index in [0.29, 0.717) is 12.3 Å². The highest BCUT2D eigenvalue weighted by Crippen LogP contribution is 2.42. The largest absolute Gasteiger partial charge is 0.463 e. The molecule has 6 heteroatoms. The summed E-state index contributed by atoms with van der Waals surface area (Å²) in [4.78, 5) is 0. The van der Waals surface area contributed by atoms with Crippen LogP contribution in [0.2, 0.25) is 0 Å². The van der Waals surface area contributed by atoms with Gasteiger partial charge < -0.3 is 14.8 Å². The van der Waals surface area contributed by atoms with E-state index in [2.05, 4.69) is 12.2 Å². The maximum atomic E-state index is 13.3. The van der Waals surface area contributed by atoms with Crippen molar-refractivity contribution in [2.24, 2.45) is 0 Å². The molecule has 0 radical (unpaired) electrons. The molecule has 0 aliphatic rings. The van der Waals surface area contributed by atoms with Gasteiger partial charge in [0, 0.05) is 13.0 Å². The second kappa shape index (κ2) is 7.40. The number of hydrogen-bond acceptors (Lipinski definition) is 3. The molecule has 0 spiro atoms. The second-order valence-electron chi connectivity index (χ2n) is 5.87. The molecule has 3 nitrogen and oxygen atoms in total. The van der Waals surface area contributed by atoms with Crippen molar-refractivity contribution in [2.45, 2.75) is 45.0 Å². The molecule has 0 unspecified atom stereocenters. The van der Waals surface area contributed by atoms with Crippen molar-refractivity contribution in [3.05, 3.63) is 59.0 Å². The minimum Gasteiger partial charge on any atom is -0.463 e. The summed E-state index contributed by atoms with van der Waals surface area (Å²) in [6, 6.07) is 10.5. The van der Waals surface area contributed by atoms with Gasteiger partial charge in [-0.1, -0.05) is 31.2 Å². The van der Waals surface area contributed by atoms with Crippen molar-refractivity contribution in [3.63, 3.8) is 0 Å². The Bertz CT molecular complexity index is 649. The number of rotatable bonds is 7. The quantitative estimate of drug-likeness (QED) is 0.746. The van der Waals surface area contributed by atoms with Gasteiger partial charge in [0.2, 0.25) is 5.60 Å². The summed E-state index contributed by atoms with van der Waals surface area (Å²) in [5.41, 5.74) is -0.796. The van der Waals surface area contributed by atoms with Gasteiger partial charge in [-0.05, 0) is 43.1 Å². The highest BCUT2D eigenvalue weighted by Gasteiger charge is 2.56. The fourth-order valence-corrected chi connectivity index (χ4v) is 2.46. The Morgan fingerprint density at radius 3 is 2.17 bits per heavy atom. The van der Waals surface area contributed by atoms with E-state index < -0.39 is 24.0 Å². The first-order valence-electron chi connectivity index (χ1n) is 7.91. The fraction of sp³-hybridized carbons (Fsp3) is 0.444. The molecule has 1 atom stereocenters. The Labute approximate surface area is 139 Å². The molecule has 0 aliphatic heterocycles. The van der Waals surface area contributed by atoms with E-state index in [1.165, 1.54) is 17.7 Å². The molecule has 0 fully saturated rings. The van der Waals surface area contributed by atoms with Crippen molar-refractivity contribution in [3.8, 4) is 0 Å². The molecule has 0 saturated carbocycles. The van der Waals surface area contributed by atoms with Crippen molar-refractivity contribution in [1.82, 2.24) is 5.32 Å². The van der Waals surface area contributed by atoms with Crippen LogP contribution in [0.5, 0.6) is 0 Å². The number of hydrogen-bond donors (Lipinski definition) is 2. The lowest BCUT2D eigenvalue weighted by molar-refractivity contribution is -0.274. The molecule has 132 valence electrons. The van der Waals surface area contributed by atoms with E-state index >= 15 is 0 Å². The lowest BCUT2D eigenvalue weighted by Gasteiger charge is -2.28. The highest BCUT2D eigenvalue weighted by molar-refractivity contribution is 5.22. The van der Waals surface area contributed by atoms with Crippen LogP contribution in [-0.2, 0) is 18.6 Å². The Hall–Kier alpha value is -1.79. The number of aryl methyl sites for hydroxylation is 2. The van der Waals surface area contributed by atoms with Crippen LogP contribution >= 0.6 is 0 Å². The van der Waals surface area contributed by atoms with Crippen LogP contribution in [0.4, 0.5) is 13.2 Å². The molecule has 1 aromatic heterocycles. The molecule has 2 rings (SSSR count). The molecule has 0 bridgehead atoms. The predicted octanol–water partition coefficient (Wildman–Crippen LogP) is 4.08. The SMILES string of the molecule is CCc1ccc(CNCC[C@](O)(c2ccc(C)o2)C(F)(F)F)cc1. The van der Waals surface area contributed by atoms with Crippen LogP contribution in [0.3, 0.4) is 0 Å². The summed E-state index contributed by atoms with van der Waals surface area (Å²) in [6.07, 6.45) is -4.38. The summed E-state index contributed by atoms with van der Waals surface area (Å²) in [5.74, 6) is -0.141. The summed E-state index contributed by atoms with van der Waals surface area (Å²) in [7, 11) is 0. The van der Waals surface area contributed by atoms with Crippen molar-refractivity contribution in [2.75, 3.05) is 6.54 Å². The molecule has 1 aromatic carbocycles. The average Bonchev–Trinajstić information content (AvgIpc) is 2.98. The fourth-order valence-electron chi connectivity index (χ4n) is 2.46. The van der Waals surface area contributed by atoms with Crippen molar-refractivity contribution < 1.29 is 22.7 Å². The highest BCUT2D eigenvalue weighted by atomic mass is 19.4. The Morgan fingerprint density at radius 1 is 1.04 bits per heavy atom. The third-order valence-corrected chi connectivity index (χ3v) is 4.04. The van der Waals surface area contributed by atoms with E-state index in [4.69, 9.17) is 4.42 Å². The Morgan fingerprint density at radius 2 is 1.67 bits per heavy atom. The molecular formula is C18H22F3NO2. The molecule has 0 amide bonds. The van der Waals surface area contributed by atoms with Crippen LogP contribution in [0.1, 0.15) is 36.0 Å². The van der Waals surface area contributed by atoms with Crippen LogP contribution in [0, 0.1) is 6.92 Å². The van der Waals surface area contributed by atoms with E-state index in [1.807, 2.05) is 24.3 Å². The zero-order valence-corrected chi connectivity index (χ0v) is 13.8. The smallest absolute Gasteiger partial charge is 0.424 e. The van der Waals surface area contributed by atoms with E-state index in [9.17, 15) is 18.3 Å². The van der Waals surface area contributed by atoms with Crippen LogP contribution in [0.25, 0.3) is 0 Å². The molecule has 2 N–H and O–H groups in total. The number of aliphatic hydroxyl groups is 1. The van der Waals surface area contributed by atoms with E-state index in [-0.39, 0.29) is 6.54 Å². The zero-order valence-electron chi connectivity index (χ0n) is 13.8. The maximum absolute atomic E-state index is 13.3. The second-order valence-corrected chi connectivity index (χ2v) is 5.87. The first kappa shape index (κ1) is 18.5. The predicted molar refractivity (Wildman–Crippen MR) is 85.5 cm³/mol. The summed E-state index contributed by atoms with van der Waals surface area (Å²) < 4.78 is 44.9. The van der Waals surface area contributed by atoms with Crippen LogP contribution in [-0.4, -0.2) is 17.8 Å². The normalized spacial score (nSPS) is 14.6. The van der Waals surface area contributed by atoms with Gasteiger partial charge in [-0.3, -0.25) is 0 Å². The summed E-state index contributed by atoms with van der Waals surface area (Å²) >= 11 is 0. The van der Waals surface area contributed by atoms with Crippen LogP contribution in [0.15, 0.2) is 40.8 Å². The number of halogens is 3. The van der Waals surface area contributed by atoms with E-state index in [1.54, 1.807) is 6.92 Å². The molecule has 0 aliphatic carbocycles. The number of nitrogens with one attached hydrogen (secondary N) is 1. The van der Waals surface area contributed by atoms with Gasteiger partial charge in [0.15, 0.2) is 0 Å². The van der Waals surface area contributed by atoms with Crippen molar-refractivity contribution >= 4 is 0 Å². The topological polar surface area (TPSA) is 45.4 Å². The summed E-state index contributed by atoms with van der Waals surface area (Å²) in [5, 5.41) is 13.1. The Balaban J connectivity index is 1.96. The third-order valence-electron chi connectivity index (χ3n) is 4.04. The lowest BCUT2D eigenvalue weighted by atomic mass is 9.95. The van der Waals surface area contributed by atoms with Crippen molar-refractivity contribution in [1.29, 1.82) is 0 Å². The number of benzene rings is 1. The van der Waals surface area contributed by atoms with Gasteiger partial charge in [0.25, 0.3) is 0 Å². The molecule has 2 aromatic rings. The first-order chi connectivity index (χ1) is 11.3. The summed E-state index contributed by atoms with van der Waals surface area (Å²) in [6.45, 7) is 4.04. The van der Waals surface area contributed by atoms with Gasteiger partial charge >= 0.3 is 6.18 Å². The van der Waals surface area contributed by atoms with Gasteiger partial charge in [-0.2, -0.15) is 13.2 Å². The lowest BCUT2D eigenvalue weighted by Crippen LogP contribution is -2.44. The number of furan rings is 1.